The van der Waals surface area contributed by atoms with Gasteiger partial charge in [0.05, 0.1) is 38.2 Å². The number of H-pyrrole nitrogens is 2. The summed E-state index contributed by atoms with van der Waals surface area (Å²) in [5.41, 5.74) is 10.6. The van der Waals surface area contributed by atoms with Crippen molar-refractivity contribution in [1.82, 2.24) is 35.4 Å². The lowest BCUT2D eigenvalue weighted by molar-refractivity contribution is -0.135. The van der Waals surface area contributed by atoms with E-state index < -0.39 is 24.3 Å². The van der Waals surface area contributed by atoms with Crippen molar-refractivity contribution in [3.8, 4) is 33.6 Å². The lowest BCUT2D eigenvalue weighted by Crippen LogP contribution is -2.51. The Morgan fingerprint density at radius 2 is 1.29 bits per heavy atom. The van der Waals surface area contributed by atoms with Gasteiger partial charge in [-0.1, -0.05) is 69.0 Å². The molecule has 306 valence electrons. The number of methoxy groups -OCH3 is 2. The summed E-state index contributed by atoms with van der Waals surface area (Å²) in [6.45, 7) is 10.8. The summed E-state index contributed by atoms with van der Waals surface area (Å²) in [6, 6.07) is 15.2. The van der Waals surface area contributed by atoms with Gasteiger partial charge < -0.3 is 39.9 Å². The molecule has 4 atom stereocenters. The molecule has 1 unspecified atom stereocenters. The molecule has 1 aliphatic carbocycles. The molecular formula is C45H55N7O6. The highest BCUT2D eigenvalue weighted by atomic mass is 16.5. The van der Waals surface area contributed by atoms with Gasteiger partial charge in [0.1, 0.15) is 17.9 Å². The Hall–Kier alpha value is -5.85. The fourth-order valence-electron chi connectivity index (χ4n) is 8.88. The van der Waals surface area contributed by atoms with E-state index >= 15 is 0 Å². The van der Waals surface area contributed by atoms with E-state index in [0.29, 0.717) is 18.7 Å². The molecule has 2 aromatic carbocycles. The van der Waals surface area contributed by atoms with Crippen LogP contribution < -0.4 is 10.6 Å². The number of nitrogens with one attached hydrogen (secondary N) is 4. The Bertz CT molecular complexity index is 2150. The highest BCUT2D eigenvalue weighted by Gasteiger charge is 2.39. The number of hydrogen-bond acceptors (Lipinski definition) is 7. The molecule has 2 aromatic heterocycles. The minimum absolute atomic E-state index is 0.103. The van der Waals surface area contributed by atoms with Crippen molar-refractivity contribution in [2.45, 2.75) is 96.3 Å². The monoisotopic (exact) mass is 789 g/mol. The van der Waals surface area contributed by atoms with Crippen LogP contribution in [0.1, 0.15) is 94.0 Å². The summed E-state index contributed by atoms with van der Waals surface area (Å²) in [7, 11) is 2.58. The van der Waals surface area contributed by atoms with Gasteiger partial charge in [-0.3, -0.25) is 9.59 Å². The molecule has 2 saturated heterocycles. The molecule has 0 bridgehead atoms. The number of nitrogens with zero attached hydrogens (tertiary/aromatic N) is 3. The van der Waals surface area contributed by atoms with E-state index in [2.05, 4.69) is 75.7 Å². The van der Waals surface area contributed by atoms with Crippen molar-refractivity contribution in [1.29, 1.82) is 0 Å². The van der Waals surface area contributed by atoms with Crippen LogP contribution in [0.2, 0.25) is 0 Å². The summed E-state index contributed by atoms with van der Waals surface area (Å²) in [4.78, 5) is 67.2. The van der Waals surface area contributed by atoms with Crippen LogP contribution in [-0.4, -0.2) is 88.1 Å². The summed E-state index contributed by atoms with van der Waals surface area (Å²) < 4.78 is 9.56. The summed E-state index contributed by atoms with van der Waals surface area (Å²) >= 11 is 0. The maximum atomic E-state index is 13.9. The molecule has 4 amide bonds. The number of hydrogen-bond donors (Lipinski definition) is 4. The number of ether oxygens (including phenoxy) is 2. The second-order valence-electron chi connectivity index (χ2n) is 16.1. The third-order valence-electron chi connectivity index (χ3n) is 12.0. The Labute approximate surface area is 340 Å². The first-order chi connectivity index (χ1) is 28.0. The SMILES string of the molecule is C=C(C)[C@H](NC(=O)OC)C(=O)N1CCCC1c1[nH]c(-c2ccc(-c3ccc(-c4cnc([C@@H]5CCCN5C(=O)[C@@H](NC(=O)OC)C(C)C)[nH]4)cc3)cc2)c2c1CCCC2. The van der Waals surface area contributed by atoms with Crippen LogP contribution in [0, 0.1) is 5.92 Å². The number of alkyl carbamates (subject to hydrolysis) is 2. The van der Waals surface area contributed by atoms with Gasteiger partial charge in [0.25, 0.3) is 0 Å². The smallest absolute Gasteiger partial charge is 0.407 e. The molecule has 2 aliphatic heterocycles. The van der Waals surface area contributed by atoms with Crippen LogP contribution in [0.4, 0.5) is 9.59 Å². The maximum Gasteiger partial charge on any atom is 0.407 e. The number of fused-ring (bicyclic) bond motifs is 1. The lowest BCUT2D eigenvalue weighted by atomic mass is 9.88. The summed E-state index contributed by atoms with van der Waals surface area (Å²) in [5.74, 6) is 0.328. The molecule has 0 radical (unpaired) electrons. The van der Waals surface area contributed by atoms with Gasteiger partial charge >= 0.3 is 12.2 Å². The van der Waals surface area contributed by atoms with E-state index in [1.807, 2.05) is 29.8 Å². The van der Waals surface area contributed by atoms with Gasteiger partial charge in [-0.25, -0.2) is 14.6 Å². The van der Waals surface area contributed by atoms with Crippen LogP contribution in [0.15, 0.2) is 66.9 Å². The van der Waals surface area contributed by atoms with Crippen molar-refractivity contribution in [3.05, 3.63) is 89.5 Å². The molecule has 4 heterocycles. The molecule has 13 heteroatoms. The predicted octanol–water partition coefficient (Wildman–Crippen LogP) is 7.63. The Morgan fingerprint density at radius 3 is 1.90 bits per heavy atom. The fourth-order valence-corrected chi connectivity index (χ4v) is 8.88. The van der Waals surface area contributed by atoms with Crippen molar-refractivity contribution in [2.75, 3.05) is 27.3 Å². The van der Waals surface area contributed by atoms with Crippen molar-refractivity contribution in [3.63, 3.8) is 0 Å². The molecule has 3 aliphatic rings. The second-order valence-corrected chi connectivity index (χ2v) is 16.1. The summed E-state index contributed by atoms with van der Waals surface area (Å²) in [5, 5.41) is 5.38. The number of aromatic amines is 2. The zero-order chi connectivity index (χ0) is 41.1. The molecule has 2 fully saturated rings. The van der Waals surface area contributed by atoms with Crippen LogP contribution in [-0.2, 0) is 31.9 Å². The van der Waals surface area contributed by atoms with Crippen molar-refractivity contribution < 1.29 is 28.7 Å². The number of imidazole rings is 1. The second kappa shape index (κ2) is 17.3. The standard InChI is InChI=1S/C45H55N7O6/c1-26(2)37(49-44(55)57-5)42(53)51-23-9-13-35(51)40-33-12-8-7-11-32(33)39(48-40)31-21-17-29(18-22-31)28-15-19-30(20-16-28)34-25-46-41(47-34)36-14-10-24-52(36)43(54)38(27(3)4)50-45(56)58-6/h15-22,25,27,35-38,48H,1,7-14,23-24H2,2-6H3,(H,46,47)(H,49,55)(H,50,56)/t35?,36-,37-,38-/m0/s1. The molecule has 58 heavy (non-hydrogen) atoms. The van der Waals surface area contributed by atoms with Gasteiger partial charge in [-0.15, -0.1) is 0 Å². The van der Waals surface area contributed by atoms with E-state index in [-0.39, 0.29) is 29.8 Å². The quantitative estimate of drug-likeness (QED) is 0.114. The van der Waals surface area contributed by atoms with Crippen LogP contribution >= 0.6 is 0 Å². The molecule has 4 aromatic rings. The number of aromatic nitrogens is 3. The normalized spacial score (nSPS) is 18.7. The number of likely N-dealkylation sites (tertiary alicyclic amines) is 2. The fraction of sp³-hybridized carbons (Fsp3) is 0.444. The van der Waals surface area contributed by atoms with Gasteiger partial charge in [0.2, 0.25) is 11.8 Å². The first-order valence-electron chi connectivity index (χ1n) is 20.4. The minimum atomic E-state index is -0.848. The molecule has 0 spiro atoms. The highest BCUT2D eigenvalue weighted by molar-refractivity contribution is 5.89. The van der Waals surface area contributed by atoms with E-state index in [1.165, 1.54) is 25.3 Å². The Kier molecular flexibility index (Phi) is 12.1. The minimum Gasteiger partial charge on any atom is -0.453 e. The first-order valence-corrected chi connectivity index (χ1v) is 20.4. The van der Waals surface area contributed by atoms with Crippen molar-refractivity contribution >= 4 is 24.0 Å². The van der Waals surface area contributed by atoms with Crippen LogP contribution in [0.5, 0.6) is 0 Å². The lowest BCUT2D eigenvalue weighted by Gasteiger charge is -2.30. The molecule has 7 rings (SSSR count). The van der Waals surface area contributed by atoms with Gasteiger partial charge in [0, 0.05) is 24.5 Å². The average Bonchev–Trinajstić information content (AvgIpc) is 4.07. The molecule has 0 saturated carbocycles. The maximum absolute atomic E-state index is 13.9. The zero-order valence-corrected chi connectivity index (χ0v) is 34.2. The molecular weight excluding hydrogens is 735 g/mol. The molecule has 4 N–H and O–H groups in total. The predicted molar refractivity (Wildman–Crippen MR) is 222 cm³/mol. The first kappa shape index (κ1) is 40.4. The third-order valence-corrected chi connectivity index (χ3v) is 12.0. The highest BCUT2D eigenvalue weighted by Crippen LogP contribution is 2.42. The largest absolute Gasteiger partial charge is 0.453 e. The van der Waals surface area contributed by atoms with Gasteiger partial charge in [-0.2, -0.15) is 0 Å². The number of carbonyl (C=O) groups excluding carboxylic acids is 4. The van der Waals surface area contributed by atoms with Crippen LogP contribution in [0.3, 0.4) is 0 Å². The van der Waals surface area contributed by atoms with Gasteiger partial charge in [-0.05, 0) is 103 Å². The zero-order valence-electron chi connectivity index (χ0n) is 34.2. The van der Waals surface area contributed by atoms with Crippen molar-refractivity contribution in [2.24, 2.45) is 5.92 Å². The average molecular weight is 790 g/mol. The van der Waals surface area contributed by atoms with E-state index in [0.717, 1.165) is 96.5 Å². The summed E-state index contributed by atoms with van der Waals surface area (Å²) in [6.07, 6.45) is 8.09. The number of benzene rings is 2. The van der Waals surface area contributed by atoms with E-state index in [1.54, 1.807) is 6.92 Å². The van der Waals surface area contributed by atoms with Gasteiger partial charge in [0.15, 0.2) is 0 Å². The number of amides is 4. The Morgan fingerprint density at radius 1 is 0.741 bits per heavy atom. The third kappa shape index (κ3) is 8.12. The number of carbonyl (C=O) groups is 4. The van der Waals surface area contributed by atoms with E-state index in [4.69, 9.17) is 14.5 Å². The Balaban J connectivity index is 1.07. The molecule has 13 nitrogen and oxygen atoms in total. The van der Waals surface area contributed by atoms with Crippen LogP contribution in [0.25, 0.3) is 33.6 Å². The topological polar surface area (TPSA) is 162 Å². The number of rotatable bonds is 11. The van der Waals surface area contributed by atoms with E-state index in [9.17, 15) is 19.2 Å².